The molecular weight excluding hydrogens is 323 g/mol. The van der Waals surface area contributed by atoms with Crippen LogP contribution in [-0.2, 0) is 17.9 Å². The second kappa shape index (κ2) is 9.03. The van der Waals surface area contributed by atoms with E-state index in [-0.39, 0.29) is 19.0 Å². The highest BCUT2D eigenvalue weighted by Crippen LogP contribution is 2.18. The van der Waals surface area contributed by atoms with Crippen LogP contribution in [0.4, 0.5) is 4.39 Å². The highest BCUT2D eigenvalue weighted by Gasteiger charge is 2.25. The molecule has 1 aliphatic rings. The molecule has 2 aromatic rings. The third-order valence-electron chi connectivity index (χ3n) is 4.58. The number of aliphatic hydroxyl groups is 1. The van der Waals surface area contributed by atoms with Crippen molar-refractivity contribution in [3.63, 3.8) is 0 Å². The first kappa shape index (κ1) is 18.0. The van der Waals surface area contributed by atoms with Crippen LogP contribution in [0, 0.1) is 5.82 Å². The van der Waals surface area contributed by atoms with Gasteiger partial charge in [-0.1, -0.05) is 24.6 Å². The first-order valence-corrected chi connectivity index (χ1v) is 8.78. The van der Waals surface area contributed by atoms with Crippen molar-refractivity contribution in [1.82, 2.24) is 19.7 Å². The molecule has 0 radical (unpaired) electrons. The zero-order valence-corrected chi connectivity index (χ0v) is 14.3. The summed E-state index contributed by atoms with van der Waals surface area (Å²) in [7, 11) is 0. The first-order valence-electron chi connectivity index (χ1n) is 8.78. The van der Waals surface area contributed by atoms with E-state index in [4.69, 9.17) is 4.74 Å². The van der Waals surface area contributed by atoms with Gasteiger partial charge in [-0.05, 0) is 25.5 Å². The number of piperidine rings is 1. The molecule has 0 aliphatic carbocycles. The smallest absolute Gasteiger partial charge is 0.137 e. The summed E-state index contributed by atoms with van der Waals surface area (Å²) in [4.78, 5) is 6.28. The van der Waals surface area contributed by atoms with Crippen molar-refractivity contribution >= 4 is 0 Å². The van der Waals surface area contributed by atoms with Crippen LogP contribution >= 0.6 is 0 Å². The van der Waals surface area contributed by atoms with Crippen LogP contribution in [0.2, 0.25) is 0 Å². The number of likely N-dealkylation sites (tertiary alicyclic amines) is 1. The Morgan fingerprint density at radius 1 is 1.32 bits per heavy atom. The lowest BCUT2D eigenvalue weighted by molar-refractivity contribution is -0.00627. The van der Waals surface area contributed by atoms with Gasteiger partial charge in [0.25, 0.3) is 0 Å². The molecule has 1 aliphatic heterocycles. The number of nitrogens with zero attached hydrogens (tertiary/aromatic N) is 4. The number of aliphatic hydroxyl groups excluding tert-OH is 1. The number of aromatic nitrogens is 3. The van der Waals surface area contributed by atoms with Gasteiger partial charge < -0.3 is 9.84 Å². The van der Waals surface area contributed by atoms with Crippen molar-refractivity contribution in [2.24, 2.45) is 0 Å². The highest BCUT2D eigenvalue weighted by molar-refractivity contribution is 5.16. The van der Waals surface area contributed by atoms with E-state index in [0.717, 1.165) is 25.9 Å². The Hall–Kier alpha value is -1.83. The Kier molecular flexibility index (Phi) is 6.49. The molecule has 0 spiro atoms. The van der Waals surface area contributed by atoms with Gasteiger partial charge >= 0.3 is 0 Å². The van der Waals surface area contributed by atoms with E-state index in [2.05, 4.69) is 15.0 Å². The van der Waals surface area contributed by atoms with Crippen molar-refractivity contribution in [3.05, 3.63) is 48.3 Å². The molecule has 1 N–H and O–H groups in total. The molecule has 2 atom stereocenters. The number of hydrogen-bond acceptors (Lipinski definition) is 5. The maximum Gasteiger partial charge on any atom is 0.137 e. The third kappa shape index (κ3) is 5.32. The summed E-state index contributed by atoms with van der Waals surface area (Å²) in [5.74, 6) is -0.277. The van der Waals surface area contributed by atoms with Gasteiger partial charge in [-0.25, -0.2) is 9.37 Å². The maximum atomic E-state index is 13.6. The van der Waals surface area contributed by atoms with Crippen molar-refractivity contribution in [1.29, 1.82) is 0 Å². The number of rotatable bonds is 8. The Balaban J connectivity index is 1.45. The van der Waals surface area contributed by atoms with Crippen LogP contribution in [0.15, 0.2) is 36.9 Å². The van der Waals surface area contributed by atoms with E-state index < -0.39 is 6.10 Å². The van der Waals surface area contributed by atoms with Crippen LogP contribution in [0.1, 0.15) is 24.8 Å². The molecule has 0 unspecified atom stereocenters. The van der Waals surface area contributed by atoms with Gasteiger partial charge in [-0.15, -0.1) is 0 Å². The number of benzene rings is 1. The summed E-state index contributed by atoms with van der Waals surface area (Å²) in [6, 6.07) is 6.88. The van der Waals surface area contributed by atoms with Gasteiger partial charge in [0.2, 0.25) is 0 Å². The Morgan fingerprint density at radius 3 is 3.00 bits per heavy atom. The minimum atomic E-state index is -0.594. The van der Waals surface area contributed by atoms with E-state index in [1.165, 1.54) is 12.5 Å². The normalized spacial score (nSPS) is 19.8. The van der Waals surface area contributed by atoms with Gasteiger partial charge in [-0.3, -0.25) is 9.58 Å². The number of hydrogen-bond donors (Lipinski definition) is 1. The van der Waals surface area contributed by atoms with E-state index in [9.17, 15) is 9.50 Å². The van der Waals surface area contributed by atoms with E-state index in [1.54, 1.807) is 30.9 Å². The van der Waals surface area contributed by atoms with Crippen molar-refractivity contribution < 1.29 is 14.2 Å². The first-order chi connectivity index (χ1) is 12.2. The number of β-amino-alcohol motifs (C(OH)–C–C–N with tert-alkyl or cyclic N) is 1. The van der Waals surface area contributed by atoms with Gasteiger partial charge in [0, 0.05) is 18.2 Å². The van der Waals surface area contributed by atoms with Crippen LogP contribution in [0.3, 0.4) is 0 Å². The minimum absolute atomic E-state index is 0.173. The predicted octanol–water partition coefficient (Wildman–Crippen LogP) is 1.85. The molecule has 7 heteroatoms. The highest BCUT2D eigenvalue weighted by atomic mass is 19.1. The van der Waals surface area contributed by atoms with Gasteiger partial charge in [-0.2, -0.15) is 5.10 Å². The second-order valence-corrected chi connectivity index (χ2v) is 6.52. The lowest BCUT2D eigenvalue weighted by Gasteiger charge is -2.36. The molecule has 0 amide bonds. The van der Waals surface area contributed by atoms with Gasteiger partial charge in [0.1, 0.15) is 18.5 Å². The lowest BCUT2D eigenvalue weighted by Crippen LogP contribution is -2.46. The fourth-order valence-electron chi connectivity index (χ4n) is 3.29. The molecule has 6 nitrogen and oxygen atoms in total. The summed E-state index contributed by atoms with van der Waals surface area (Å²) in [5, 5.41) is 14.5. The molecule has 1 fully saturated rings. The van der Waals surface area contributed by atoms with Crippen LogP contribution in [0.5, 0.6) is 0 Å². The summed E-state index contributed by atoms with van der Waals surface area (Å²) in [6.07, 6.45) is 6.08. The van der Waals surface area contributed by atoms with Crippen LogP contribution in [-0.4, -0.2) is 56.6 Å². The quantitative estimate of drug-likeness (QED) is 0.789. The van der Waals surface area contributed by atoms with Crippen molar-refractivity contribution in [2.45, 2.75) is 44.6 Å². The number of halogens is 1. The average Bonchev–Trinajstić information content (AvgIpc) is 3.11. The maximum absolute atomic E-state index is 13.6. The van der Waals surface area contributed by atoms with Gasteiger partial charge in [0.05, 0.1) is 25.9 Å². The molecule has 3 rings (SSSR count). The van der Waals surface area contributed by atoms with E-state index >= 15 is 0 Å². The molecule has 136 valence electrons. The molecule has 1 aromatic carbocycles. The van der Waals surface area contributed by atoms with E-state index in [0.29, 0.717) is 18.2 Å². The predicted molar refractivity (Wildman–Crippen MR) is 91.3 cm³/mol. The Labute approximate surface area is 147 Å². The van der Waals surface area contributed by atoms with Crippen molar-refractivity contribution in [2.75, 3.05) is 19.7 Å². The van der Waals surface area contributed by atoms with Crippen LogP contribution in [0.25, 0.3) is 0 Å². The molecule has 1 aromatic heterocycles. The monoisotopic (exact) mass is 348 g/mol. The van der Waals surface area contributed by atoms with Crippen molar-refractivity contribution in [3.8, 4) is 0 Å². The molecule has 0 saturated carbocycles. The largest absolute Gasteiger partial charge is 0.389 e. The molecule has 25 heavy (non-hydrogen) atoms. The summed E-state index contributed by atoms with van der Waals surface area (Å²) in [5.41, 5.74) is 0.511. The molecule has 1 saturated heterocycles. The summed E-state index contributed by atoms with van der Waals surface area (Å²) in [6.45, 7) is 2.66. The van der Waals surface area contributed by atoms with Crippen LogP contribution < -0.4 is 0 Å². The third-order valence-corrected chi connectivity index (χ3v) is 4.58. The standard InChI is InChI=1S/C18H25FN4O2/c19-18-7-2-1-5-15(18)11-25-12-17(24)10-22-8-4-3-6-16(22)9-23-14-20-13-21-23/h1-2,5,7,13-14,16-17,24H,3-4,6,8-12H2/t16-,17+/m0/s1. The summed E-state index contributed by atoms with van der Waals surface area (Å²) < 4.78 is 20.9. The fourth-order valence-corrected chi connectivity index (χ4v) is 3.29. The summed E-state index contributed by atoms with van der Waals surface area (Å²) >= 11 is 0. The lowest BCUT2D eigenvalue weighted by atomic mass is 10.0. The fraction of sp³-hybridized carbons (Fsp3) is 0.556. The molecule has 2 heterocycles. The topological polar surface area (TPSA) is 63.4 Å². The SMILES string of the molecule is O[C@@H](COCc1ccccc1F)CN1CCCC[C@H]1Cn1cncn1. The Bertz CT molecular complexity index is 638. The average molecular weight is 348 g/mol. The zero-order chi connectivity index (χ0) is 17.5. The minimum Gasteiger partial charge on any atom is -0.389 e. The van der Waals surface area contributed by atoms with E-state index in [1.807, 2.05) is 4.68 Å². The van der Waals surface area contributed by atoms with Gasteiger partial charge in [0.15, 0.2) is 0 Å². The number of ether oxygens (including phenoxy) is 1. The molecule has 0 bridgehead atoms. The Morgan fingerprint density at radius 2 is 2.20 bits per heavy atom. The molecular formula is C18H25FN4O2. The zero-order valence-electron chi connectivity index (χ0n) is 14.3. The second-order valence-electron chi connectivity index (χ2n) is 6.52.